The second kappa shape index (κ2) is 11.0. The molecule has 0 bridgehead atoms. The van der Waals surface area contributed by atoms with Gasteiger partial charge in [-0.25, -0.2) is 0 Å². The van der Waals surface area contributed by atoms with E-state index in [1.165, 1.54) is 22.9 Å². The van der Waals surface area contributed by atoms with Crippen LogP contribution in [-0.2, 0) is 17.8 Å². The maximum Gasteiger partial charge on any atom is 0.239 e. The highest BCUT2D eigenvalue weighted by Crippen LogP contribution is 2.28. The van der Waals surface area contributed by atoms with Crippen molar-refractivity contribution in [2.75, 3.05) is 7.11 Å². The molecule has 0 saturated carbocycles. The minimum Gasteiger partial charge on any atom is -0.493 e. The second-order valence-electron chi connectivity index (χ2n) is 8.05. The lowest BCUT2D eigenvalue weighted by molar-refractivity contribution is -0.118. The summed E-state index contributed by atoms with van der Waals surface area (Å²) in [5, 5.41) is 11.5. The first-order valence-corrected chi connectivity index (χ1v) is 11.9. The number of carbonyl (C=O) groups excluding carboxylic acids is 1. The lowest BCUT2D eigenvalue weighted by Crippen LogP contribution is -2.25. The number of aryl methyl sites for hydroxylation is 2. The molecule has 34 heavy (non-hydrogen) atoms. The molecule has 0 aliphatic carbocycles. The van der Waals surface area contributed by atoms with Crippen molar-refractivity contribution in [1.29, 1.82) is 0 Å². The Labute approximate surface area is 204 Å². The van der Waals surface area contributed by atoms with Crippen molar-refractivity contribution in [3.8, 4) is 11.5 Å². The third-order valence-corrected chi connectivity index (χ3v) is 6.62. The molecule has 6 nitrogen and oxygen atoms in total. The Balaban J connectivity index is 1.36. The number of hydrogen-bond acceptors (Lipinski definition) is 6. The van der Waals surface area contributed by atoms with Gasteiger partial charge in [-0.3, -0.25) is 4.79 Å². The van der Waals surface area contributed by atoms with E-state index in [1.54, 1.807) is 13.3 Å². The molecule has 1 aliphatic heterocycles. The van der Waals surface area contributed by atoms with Crippen molar-refractivity contribution in [3.05, 3.63) is 94.5 Å². The number of methoxy groups -OCH3 is 1. The van der Waals surface area contributed by atoms with Crippen LogP contribution < -0.4 is 14.8 Å². The van der Waals surface area contributed by atoms with Crippen molar-refractivity contribution < 1.29 is 14.3 Å². The van der Waals surface area contributed by atoms with Gasteiger partial charge >= 0.3 is 0 Å². The third kappa shape index (κ3) is 6.05. The first-order valence-electron chi connectivity index (χ1n) is 11.0. The number of rotatable bonds is 8. The van der Waals surface area contributed by atoms with Crippen molar-refractivity contribution in [2.45, 2.75) is 32.1 Å². The van der Waals surface area contributed by atoms with E-state index in [0.29, 0.717) is 29.7 Å². The molecule has 1 aliphatic rings. The molecule has 0 aromatic heterocycles. The standard InChI is InChI=1S/C27H27N3O3S/c1-18-9-10-21(13-19(18)2)15-25-26(31)29-27(34-25)30-28-16-22-11-12-23(24(14-22)32-3)33-17-20-7-5-4-6-8-20/h4-14,16,25H,15,17H2,1-3H3,(H,29,30,31). The highest BCUT2D eigenvalue weighted by molar-refractivity contribution is 8.15. The Morgan fingerprint density at radius 3 is 2.56 bits per heavy atom. The second-order valence-corrected chi connectivity index (χ2v) is 9.24. The number of ether oxygens (including phenoxy) is 2. The van der Waals surface area contributed by atoms with Crippen LogP contribution in [0.15, 0.2) is 76.9 Å². The van der Waals surface area contributed by atoms with Crippen molar-refractivity contribution in [2.24, 2.45) is 10.2 Å². The molecule has 0 radical (unpaired) electrons. The van der Waals surface area contributed by atoms with Gasteiger partial charge in [-0.15, -0.1) is 5.10 Å². The fourth-order valence-corrected chi connectivity index (χ4v) is 4.46. The zero-order valence-corrected chi connectivity index (χ0v) is 20.3. The summed E-state index contributed by atoms with van der Waals surface area (Å²) in [6, 6.07) is 21.8. The van der Waals surface area contributed by atoms with Gasteiger partial charge in [-0.1, -0.05) is 60.3 Å². The maximum atomic E-state index is 12.4. The largest absolute Gasteiger partial charge is 0.493 e. The average Bonchev–Trinajstić information content (AvgIpc) is 3.19. The van der Waals surface area contributed by atoms with Gasteiger partial charge in [0.15, 0.2) is 16.7 Å². The molecule has 174 valence electrons. The number of benzene rings is 3. The minimum absolute atomic E-state index is 0.0428. The van der Waals surface area contributed by atoms with Gasteiger partial charge in [0.05, 0.1) is 18.6 Å². The first kappa shape index (κ1) is 23.6. The van der Waals surface area contributed by atoms with Gasteiger partial charge in [0.1, 0.15) is 6.61 Å². The monoisotopic (exact) mass is 473 g/mol. The molecule has 1 heterocycles. The molecule has 3 aromatic rings. The van der Waals surface area contributed by atoms with Crippen molar-refractivity contribution >= 4 is 29.1 Å². The van der Waals surface area contributed by atoms with E-state index in [2.05, 4.69) is 47.6 Å². The normalized spacial score (nSPS) is 16.7. The fraction of sp³-hybridized carbons (Fsp3) is 0.222. The van der Waals surface area contributed by atoms with Crippen LogP contribution in [0, 0.1) is 13.8 Å². The van der Waals surface area contributed by atoms with Crippen LogP contribution in [0.25, 0.3) is 0 Å². The number of carbonyl (C=O) groups is 1. The zero-order valence-electron chi connectivity index (χ0n) is 19.4. The summed E-state index contributed by atoms with van der Waals surface area (Å²) in [6.07, 6.45) is 2.28. The Kier molecular flexibility index (Phi) is 7.65. The fourth-order valence-electron chi connectivity index (χ4n) is 3.50. The van der Waals surface area contributed by atoms with Gasteiger partial charge in [0.25, 0.3) is 0 Å². The quantitative estimate of drug-likeness (QED) is 0.367. The van der Waals surface area contributed by atoms with Gasteiger partial charge in [0, 0.05) is 0 Å². The van der Waals surface area contributed by atoms with E-state index in [1.807, 2.05) is 48.5 Å². The molecule has 1 unspecified atom stereocenters. The summed E-state index contributed by atoms with van der Waals surface area (Å²) >= 11 is 1.40. The van der Waals surface area contributed by atoms with Crippen molar-refractivity contribution in [1.82, 2.24) is 5.32 Å². The molecule has 1 N–H and O–H groups in total. The topological polar surface area (TPSA) is 72.3 Å². The van der Waals surface area contributed by atoms with Gasteiger partial charge in [-0.2, -0.15) is 5.10 Å². The summed E-state index contributed by atoms with van der Waals surface area (Å²) in [7, 11) is 1.60. The van der Waals surface area contributed by atoms with Crippen LogP contribution in [0.5, 0.6) is 11.5 Å². The van der Waals surface area contributed by atoms with Crippen LogP contribution in [0.2, 0.25) is 0 Å². The molecule has 0 spiro atoms. The van der Waals surface area contributed by atoms with Gasteiger partial charge < -0.3 is 14.8 Å². The molecular weight excluding hydrogens is 446 g/mol. The molecule has 7 heteroatoms. The number of nitrogens with zero attached hydrogens (tertiary/aromatic N) is 2. The predicted octanol–water partition coefficient (Wildman–Crippen LogP) is 5.06. The molecule has 3 aromatic carbocycles. The number of amides is 1. The molecule has 1 atom stereocenters. The van der Waals surface area contributed by atoms with Gasteiger partial charge in [0.2, 0.25) is 5.91 Å². The summed E-state index contributed by atoms with van der Waals surface area (Å²) in [4.78, 5) is 12.4. The Morgan fingerprint density at radius 2 is 1.79 bits per heavy atom. The molecular formula is C27H27N3O3S. The number of hydrogen-bond donors (Lipinski definition) is 1. The number of nitrogens with one attached hydrogen (secondary N) is 1. The van der Waals surface area contributed by atoms with Crippen LogP contribution in [0.1, 0.15) is 27.8 Å². The summed E-state index contributed by atoms with van der Waals surface area (Å²) in [5.74, 6) is 1.23. The predicted molar refractivity (Wildman–Crippen MR) is 138 cm³/mol. The SMILES string of the molecule is COc1cc(C=N/N=C2\NC(=O)C(Cc3ccc(C)c(C)c3)S2)ccc1OCc1ccccc1. The van der Waals surface area contributed by atoms with Crippen LogP contribution in [0.3, 0.4) is 0 Å². The smallest absolute Gasteiger partial charge is 0.239 e. The van der Waals surface area contributed by atoms with E-state index >= 15 is 0 Å². The Morgan fingerprint density at radius 1 is 0.971 bits per heavy atom. The first-order chi connectivity index (χ1) is 16.5. The summed E-state index contributed by atoms with van der Waals surface area (Å²) < 4.78 is 11.4. The molecule has 1 saturated heterocycles. The van der Waals surface area contributed by atoms with Crippen LogP contribution in [-0.4, -0.2) is 29.6 Å². The highest BCUT2D eigenvalue weighted by Gasteiger charge is 2.30. The van der Waals surface area contributed by atoms with Gasteiger partial charge in [-0.05, 0) is 66.3 Å². The highest BCUT2D eigenvalue weighted by atomic mass is 32.2. The molecule has 1 fully saturated rings. The average molecular weight is 474 g/mol. The number of amidine groups is 1. The minimum atomic E-state index is -0.211. The Hall–Kier alpha value is -3.58. The molecule has 4 rings (SSSR count). The zero-order chi connectivity index (χ0) is 23.9. The summed E-state index contributed by atoms with van der Waals surface area (Å²) in [6.45, 7) is 4.62. The molecule has 1 amide bonds. The van der Waals surface area contributed by atoms with E-state index in [9.17, 15) is 4.79 Å². The lowest BCUT2D eigenvalue weighted by atomic mass is 10.0. The van der Waals surface area contributed by atoms with Crippen LogP contribution in [0.4, 0.5) is 0 Å². The van der Waals surface area contributed by atoms with Crippen molar-refractivity contribution in [3.63, 3.8) is 0 Å². The maximum absolute atomic E-state index is 12.4. The lowest BCUT2D eigenvalue weighted by Gasteiger charge is -2.11. The van der Waals surface area contributed by atoms with E-state index in [4.69, 9.17) is 9.47 Å². The van der Waals surface area contributed by atoms with E-state index in [0.717, 1.165) is 16.7 Å². The van der Waals surface area contributed by atoms with Crippen LogP contribution >= 0.6 is 11.8 Å². The van der Waals surface area contributed by atoms with E-state index < -0.39 is 0 Å². The Bertz CT molecular complexity index is 1230. The van der Waals surface area contributed by atoms with E-state index in [-0.39, 0.29) is 11.2 Å². The summed E-state index contributed by atoms with van der Waals surface area (Å²) in [5.41, 5.74) is 5.51. The number of thioether (sulfide) groups is 1. The third-order valence-electron chi connectivity index (χ3n) is 5.55.